The molecule has 0 N–H and O–H groups in total. The molecule has 3 nitrogen and oxygen atoms in total. The fraction of sp³-hybridized carbons (Fsp3) is 0.500. The van der Waals surface area contributed by atoms with Gasteiger partial charge in [0.15, 0.2) is 11.0 Å². The van der Waals surface area contributed by atoms with Gasteiger partial charge in [-0.1, -0.05) is 0 Å². The van der Waals surface area contributed by atoms with Crippen molar-refractivity contribution in [3.63, 3.8) is 0 Å². The Morgan fingerprint density at radius 1 is 1.33 bits per heavy atom. The third kappa shape index (κ3) is 1.26. The summed E-state index contributed by atoms with van der Waals surface area (Å²) >= 11 is 0. The molecule has 2 rings (SSSR count). The molecule has 0 saturated carbocycles. The van der Waals surface area contributed by atoms with Crippen LogP contribution in [0.2, 0.25) is 0 Å². The Morgan fingerprint density at radius 3 is 2.60 bits per heavy atom. The van der Waals surface area contributed by atoms with Gasteiger partial charge in [0.25, 0.3) is 5.82 Å². The van der Waals surface area contributed by atoms with Gasteiger partial charge in [-0.05, 0) is 20.8 Å². The van der Waals surface area contributed by atoms with E-state index in [-0.39, 0.29) is 0 Å². The Morgan fingerprint density at radius 2 is 2.00 bits per heavy atom. The number of aryl methyl sites for hydroxylation is 4. The largest absolute Gasteiger partial charge is 0.257 e. The molecule has 0 saturated heterocycles. The monoisotopic (exact) mass is 204 g/mol. The van der Waals surface area contributed by atoms with E-state index in [4.69, 9.17) is 0 Å². The summed E-state index contributed by atoms with van der Waals surface area (Å²) in [6.45, 7) is 9.54. The van der Waals surface area contributed by atoms with Crippen LogP contribution in [-0.4, -0.2) is 9.55 Å². The Bertz CT molecular complexity index is 523. The lowest BCUT2D eigenvalue weighted by atomic mass is 10.2. The quantitative estimate of drug-likeness (QED) is 0.649. The van der Waals surface area contributed by atoms with Crippen molar-refractivity contribution in [3.8, 4) is 0 Å². The first kappa shape index (κ1) is 10.1. The molecule has 2 aromatic rings. The van der Waals surface area contributed by atoms with Crippen molar-refractivity contribution in [1.29, 1.82) is 0 Å². The van der Waals surface area contributed by atoms with E-state index in [9.17, 15) is 0 Å². The van der Waals surface area contributed by atoms with E-state index >= 15 is 0 Å². The second-order valence-electron chi connectivity index (χ2n) is 4.07. The third-order valence-corrected chi connectivity index (χ3v) is 3.19. The lowest BCUT2D eigenvalue weighted by Crippen LogP contribution is -2.31. The van der Waals surface area contributed by atoms with Gasteiger partial charge in [0, 0.05) is 18.7 Å². The minimum atomic E-state index is 1.01. The highest BCUT2D eigenvalue weighted by Gasteiger charge is 2.21. The number of pyridine rings is 1. The zero-order valence-corrected chi connectivity index (χ0v) is 10.1. The van der Waals surface area contributed by atoms with Crippen LogP contribution in [0.5, 0.6) is 0 Å². The van der Waals surface area contributed by atoms with Crippen LogP contribution in [0.15, 0.2) is 6.20 Å². The van der Waals surface area contributed by atoms with Crippen LogP contribution in [-0.2, 0) is 13.6 Å². The van der Waals surface area contributed by atoms with Crippen molar-refractivity contribution in [2.24, 2.45) is 7.05 Å². The lowest BCUT2D eigenvalue weighted by Gasteiger charge is -1.98. The molecule has 2 aromatic heterocycles. The molecule has 0 aliphatic carbocycles. The van der Waals surface area contributed by atoms with E-state index in [0.717, 1.165) is 12.2 Å². The van der Waals surface area contributed by atoms with Crippen molar-refractivity contribution >= 4 is 11.0 Å². The predicted molar refractivity (Wildman–Crippen MR) is 60.8 cm³/mol. The number of imidazole rings is 1. The molecule has 15 heavy (non-hydrogen) atoms. The van der Waals surface area contributed by atoms with E-state index in [0.29, 0.717) is 0 Å². The van der Waals surface area contributed by atoms with Gasteiger partial charge in [-0.3, -0.25) is 4.98 Å². The van der Waals surface area contributed by atoms with Crippen molar-refractivity contribution < 1.29 is 4.57 Å². The van der Waals surface area contributed by atoms with E-state index in [1.807, 2.05) is 6.20 Å². The number of fused-ring (bicyclic) bond motifs is 1. The van der Waals surface area contributed by atoms with Crippen molar-refractivity contribution in [3.05, 3.63) is 23.3 Å². The highest BCUT2D eigenvalue weighted by atomic mass is 15.2. The number of nitrogens with zero attached hydrogens (tertiary/aromatic N) is 3. The van der Waals surface area contributed by atoms with Gasteiger partial charge in [0.05, 0.1) is 19.3 Å². The number of rotatable bonds is 1. The topological polar surface area (TPSA) is 21.7 Å². The Labute approximate surface area is 90.4 Å². The van der Waals surface area contributed by atoms with E-state index < -0.39 is 0 Å². The number of hydrogen-bond donors (Lipinski definition) is 0. The third-order valence-electron chi connectivity index (χ3n) is 3.19. The molecule has 0 aliphatic heterocycles. The van der Waals surface area contributed by atoms with E-state index in [1.165, 1.54) is 22.4 Å². The maximum atomic E-state index is 4.42. The van der Waals surface area contributed by atoms with Crippen molar-refractivity contribution in [1.82, 2.24) is 9.55 Å². The Kier molecular flexibility index (Phi) is 2.25. The van der Waals surface area contributed by atoms with Gasteiger partial charge in [0.2, 0.25) is 0 Å². The predicted octanol–water partition coefficient (Wildman–Crippen LogP) is 1.81. The van der Waals surface area contributed by atoms with Crippen LogP contribution >= 0.6 is 0 Å². The molecule has 2 heterocycles. The molecule has 0 bridgehead atoms. The molecule has 0 aliphatic rings. The van der Waals surface area contributed by atoms with Gasteiger partial charge < -0.3 is 0 Å². The molecule has 0 radical (unpaired) electrons. The molecular formula is C12H18N3+. The van der Waals surface area contributed by atoms with Gasteiger partial charge >= 0.3 is 0 Å². The second kappa shape index (κ2) is 3.33. The smallest absolute Gasteiger partial charge is 0.254 e. The van der Waals surface area contributed by atoms with Gasteiger partial charge in [-0.2, -0.15) is 0 Å². The fourth-order valence-corrected chi connectivity index (χ4v) is 2.31. The zero-order valence-electron chi connectivity index (χ0n) is 10.1. The lowest BCUT2D eigenvalue weighted by molar-refractivity contribution is -0.652. The summed E-state index contributed by atoms with van der Waals surface area (Å²) in [7, 11) is 2.11. The van der Waals surface area contributed by atoms with E-state index in [1.54, 1.807) is 0 Å². The minimum Gasteiger partial charge on any atom is -0.257 e. The maximum Gasteiger partial charge on any atom is 0.254 e. The van der Waals surface area contributed by atoms with Crippen LogP contribution in [0.1, 0.15) is 24.0 Å². The number of aromatic nitrogens is 3. The first-order valence-electron chi connectivity index (χ1n) is 5.39. The van der Waals surface area contributed by atoms with Crippen LogP contribution in [0, 0.1) is 20.8 Å². The zero-order chi connectivity index (χ0) is 11.2. The summed E-state index contributed by atoms with van der Waals surface area (Å²) in [6, 6.07) is 0. The normalized spacial score (nSPS) is 11.3. The van der Waals surface area contributed by atoms with E-state index in [2.05, 4.69) is 48.9 Å². The first-order chi connectivity index (χ1) is 7.07. The molecule has 0 fully saturated rings. The Balaban J connectivity index is 3.02. The van der Waals surface area contributed by atoms with Gasteiger partial charge in [-0.15, -0.1) is 0 Å². The van der Waals surface area contributed by atoms with Crippen LogP contribution < -0.4 is 4.57 Å². The summed E-state index contributed by atoms with van der Waals surface area (Å²) in [5.74, 6) is 1.28. The summed E-state index contributed by atoms with van der Waals surface area (Å²) in [5.41, 5.74) is 4.94. The SMILES string of the molecule is CCn1c(C)[n+](C)c2c(C)ncc(C)c21. The fourth-order valence-electron chi connectivity index (χ4n) is 2.31. The highest BCUT2D eigenvalue weighted by Crippen LogP contribution is 2.19. The van der Waals surface area contributed by atoms with Crippen LogP contribution in [0.3, 0.4) is 0 Å². The summed E-state index contributed by atoms with van der Waals surface area (Å²) < 4.78 is 4.58. The molecule has 0 atom stereocenters. The Hall–Kier alpha value is -1.38. The second-order valence-corrected chi connectivity index (χ2v) is 4.07. The molecule has 0 amide bonds. The molecule has 3 heteroatoms. The van der Waals surface area contributed by atoms with Crippen LogP contribution in [0.4, 0.5) is 0 Å². The van der Waals surface area contributed by atoms with Crippen molar-refractivity contribution in [2.45, 2.75) is 34.2 Å². The van der Waals surface area contributed by atoms with Crippen LogP contribution in [0.25, 0.3) is 11.0 Å². The summed E-state index contributed by atoms with van der Waals surface area (Å²) in [4.78, 5) is 4.42. The maximum absolute atomic E-state index is 4.42. The molecule has 0 spiro atoms. The minimum absolute atomic E-state index is 1.01. The standard InChI is InChI=1S/C12H18N3/c1-6-15-10(4)14(5)12-9(3)13-7-8(2)11(12)15/h7H,6H2,1-5H3/q+1. The average Bonchev–Trinajstić information content (AvgIpc) is 2.47. The van der Waals surface area contributed by atoms with Gasteiger partial charge in [-0.25, -0.2) is 9.13 Å². The molecule has 0 aromatic carbocycles. The molecule has 0 unspecified atom stereocenters. The van der Waals surface area contributed by atoms with Gasteiger partial charge in [0.1, 0.15) is 0 Å². The average molecular weight is 204 g/mol. The summed E-state index contributed by atoms with van der Waals surface area (Å²) in [6.07, 6.45) is 1.96. The number of hydrogen-bond acceptors (Lipinski definition) is 1. The molecule has 80 valence electrons. The first-order valence-corrected chi connectivity index (χ1v) is 5.39. The highest BCUT2D eigenvalue weighted by molar-refractivity contribution is 5.77. The van der Waals surface area contributed by atoms with Crippen molar-refractivity contribution in [2.75, 3.05) is 0 Å². The molecular weight excluding hydrogens is 186 g/mol. The summed E-state index contributed by atoms with van der Waals surface area (Å²) in [5, 5.41) is 0.